The number of benzene rings is 2. The summed E-state index contributed by atoms with van der Waals surface area (Å²) in [4.78, 5) is 20.4. The monoisotopic (exact) mass is 416 g/mol. The second kappa shape index (κ2) is 9.96. The Morgan fingerprint density at radius 2 is 1.83 bits per heavy atom. The fourth-order valence-corrected chi connectivity index (χ4v) is 2.71. The van der Waals surface area contributed by atoms with Crippen LogP contribution in [-0.2, 0) is 15.5 Å². The van der Waals surface area contributed by atoms with Crippen molar-refractivity contribution in [2.24, 2.45) is 21.6 Å². The van der Waals surface area contributed by atoms with Crippen LogP contribution >= 0.6 is 0 Å². The lowest BCUT2D eigenvalue weighted by Crippen LogP contribution is -2.25. The highest BCUT2D eigenvalue weighted by Gasteiger charge is 2.24. The molecule has 3 N–H and O–H groups in total. The molecule has 0 saturated heterocycles. The van der Waals surface area contributed by atoms with Crippen molar-refractivity contribution in [1.29, 1.82) is 0 Å². The number of carbonyl (C=O) groups excluding carboxylic acids is 1. The quantitative estimate of drug-likeness (QED) is 0.396. The second-order valence-electron chi connectivity index (χ2n) is 6.69. The van der Waals surface area contributed by atoms with Crippen LogP contribution in [0, 0.1) is 5.92 Å². The van der Waals surface area contributed by atoms with E-state index >= 15 is 0 Å². The van der Waals surface area contributed by atoms with E-state index in [1.807, 2.05) is 6.07 Å². The summed E-state index contributed by atoms with van der Waals surface area (Å²) in [5.74, 6) is -3.61. The highest BCUT2D eigenvalue weighted by Crippen LogP contribution is 2.29. The number of hydrogen-bond acceptors (Lipinski definition) is 4. The Bertz CT molecular complexity index is 935. The lowest BCUT2D eigenvalue weighted by molar-refractivity contribution is -0.145. The fraction of sp³-hybridized carbons (Fsp3) is 0.318. The van der Waals surface area contributed by atoms with Gasteiger partial charge in [0, 0.05) is 36.5 Å². The van der Waals surface area contributed by atoms with Crippen molar-refractivity contribution in [3.8, 4) is 0 Å². The molecule has 0 aromatic heterocycles. The fourth-order valence-electron chi connectivity index (χ4n) is 2.71. The van der Waals surface area contributed by atoms with Gasteiger partial charge in [0.2, 0.25) is 0 Å². The lowest BCUT2D eigenvalue weighted by Gasteiger charge is -2.15. The van der Waals surface area contributed by atoms with E-state index in [9.17, 15) is 13.6 Å². The van der Waals surface area contributed by atoms with E-state index in [0.29, 0.717) is 16.9 Å². The number of nitrogens with zero attached hydrogens (tertiary/aromatic N) is 2. The number of alkyl halides is 2. The molecule has 0 amide bonds. The van der Waals surface area contributed by atoms with Gasteiger partial charge in [-0.05, 0) is 38.1 Å². The number of ether oxygens (including phenoxy) is 1. The Morgan fingerprint density at radius 1 is 1.20 bits per heavy atom. The third-order valence-electron chi connectivity index (χ3n) is 4.37. The third-order valence-corrected chi connectivity index (χ3v) is 4.37. The number of nitrogens with two attached hydrogens (primary N) is 1. The summed E-state index contributed by atoms with van der Waals surface area (Å²) < 4.78 is 31.8. The van der Waals surface area contributed by atoms with Crippen molar-refractivity contribution < 1.29 is 18.3 Å². The van der Waals surface area contributed by atoms with Gasteiger partial charge in [-0.3, -0.25) is 9.79 Å². The minimum absolute atomic E-state index is 0.0702. The summed E-state index contributed by atoms with van der Waals surface area (Å²) in [6, 6.07) is 13.0. The molecule has 0 bridgehead atoms. The van der Waals surface area contributed by atoms with Crippen LogP contribution in [0.15, 0.2) is 58.5 Å². The maximum Gasteiger partial charge on any atom is 0.316 e. The first-order valence-corrected chi connectivity index (χ1v) is 9.49. The predicted molar refractivity (Wildman–Crippen MR) is 116 cm³/mol. The minimum Gasteiger partial charge on any atom is -0.465 e. The maximum atomic E-state index is 13.4. The van der Waals surface area contributed by atoms with Gasteiger partial charge >= 0.3 is 5.97 Å². The van der Waals surface area contributed by atoms with Gasteiger partial charge in [-0.1, -0.05) is 24.3 Å². The first kappa shape index (κ1) is 23.0. The van der Waals surface area contributed by atoms with E-state index < -0.39 is 17.8 Å². The largest absolute Gasteiger partial charge is 0.465 e. The number of rotatable bonds is 7. The van der Waals surface area contributed by atoms with Crippen LogP contribution in [0.1, 0.15) is 31.9 Å². The molecular weight excluding hydrogens is 390 g/mol. The Morgan fingerprint density at radius 3 is 2.40 bits per heavy atom. The van der Waals surface area contributed by atoms with Crippen molar-refractivity contribution in [2.75, 3.05) is 19.0 Å². The number of hydrogen-bond donors (Lipinski definition) is 2. The number of para-hydroxylation sites is 1. The SMILES string of the molecule is CCOC(=O)C(C)C(N=C(N)c1ccccc1Nc1ccc(C(C)(F)F)cc1)=NC. The van der Waals surface area contributed by atoms with Gasteiger partial charge in [0.1, 0.15) is 17.6 Å². The number of carbonyl (C=O) groups is 1. The van der Waals surface area contributed by atoms with Gasteiger partial charge in [-0.15, -0.1) is 0 Å². The first-order valence-electron chi connectivity index (χ1n) is 9.49. The van der Waals surface area contributed by atoms with Crippen LogP contribution in [0.3, 0.4) is 0 Å². The van der Waals surface area contributed by atoms with Crippen LogP contribution in [0.4, 0.5) is 20.2 Å². The average molecular weight is 416 g/mol. The van der Waals surface area contributed by atoms with Crippen molar-refractivity contribution in [3.05, 3.63) is 59.7 Å². The normalized spacial score (nSPS) is 13.7. The summed E-state index contributed by atoms with van der Waals surface area (Å²) in [5.41, 5.74) is 7.96. The van der Waals surface area contributed by atoms with Crippen LogP contribution < -0.4 is 11.1 Å². The molecule has 0 radical (unpaired) electrons. The summed E-state index contributed by atoms with van der Waals surface area (Å²) in [5, 5.41) is 3.16. The van der Waals surface area contributed by atoms with Crippen LogP contribution in [0.25, 0.3) is 0 Å². The molecule has 8 heteroatoms. The molecule has 0 fully saturated rings. The van der Waals surface area contributed by atoms with E-state index in [0.717, 1.165) is 6.92 Å². The van der Waals surface area contributed by atoms with Gasteiger partial charge in [0.15, 0.2) is 0 Å². The molecular formula is C22H26F2N4O2. The Balaban J connectivity index is 2.29. The summed E-state index contributed by atoms with van der Waals surface area (Å²) in [7, 11) is 1.52. The minimum atomic E-state index is -2.90. The van der Waals surface area contributed by atoms with Gasteiger partial charge < -0.3 is 15.8 Å². The van der Waals surface area contributed by atoms with Crippen molar-refractivity contribution in [3.63, 3.8) is 0 Å². The van der Waals surface area contributed by atoms with Crippen LogP contribution in [-0.4, -0.2) is 31.3 Å². The molecule has 2 rings (SSSR count). The maximum absolute atomic E-state index is 13.4. The zero-order chi connectivity index (χ0) is 22.3. The molecule has 0 aliphatic heterocycles. The van der Waals surface area contributed by atoms with E-state index in [1.165, 1.54) is 19.2 Å². The second-order valence-corrected chi connectivity index (χ2v) is 6.69. The number of halogens is 2. The van der Waals surface area contributed by atoms with Gasteiger partial charge in [-0.2, -0.15) is 0 Å². The summed E-state index contributed by atoms with van der Waals surface area (Å²) >= 11 is 0. The molecule has 0 heterocycles. The molecule has 160 valence electrons. The van der Waals surface area contributed by atoms with Gasteiger partial charge in [0.25, 0.3) is 5.92 Å². The molecule has 0 aliphatic carbocycles. The number of esters is 1. The first-order chi connectivity index (χ1) is 14.2. The number of anilines is 2. The molecule has 6 nitrogen and oxygen atoms in total. The Labute approximate surface area is 174 Å². The zero-order valence-corrected chi connectivity index (χ0v) is 17.4. The summed E-state index contributed by atoms with van der Waals surface area (Å²) in [6.07, 6.45) is 0. The lowest BCUT2D eigenvalue weighted by atomic mass is 10.1. The summed E-state index contributed by atoms with van der Waals surface area (Å²) in [6.45, 7) is 4.48. The van der Waals surface area contributed by atoms with E-state index in [-0.39, 0.29) is 23.8 Å². The number of amidine groups is 2. The van der Waals surface area contributed by atoms with Crippen molar-refractivity contribution in [1.82, 2.24) is 0 Å². The highest BCUT2D eigenvalue weighted by molar-refractivity contribution is 6.12. The molecule has 0 spiro atoms. The van der Waals surface area contributed by atoms with E-state index in [1.54, 1.807) is 44.2 Å². The zero-order valence-electron chi connectivity index (χ0n) is 17.4. The standard InChI is InChI=1S/C22H26F2N4O2/c1-5-30-21(29)14(2)20(26-4)28-19(25)17-8-6-7-9-18(17)27-16-12-10-15(11-13-16)22(3,23)24/h6-14,27H,5H2,1-4H3,(H2,25,26,28). The average Bonchev–Trinajstić information content (AvgIpc) is 2.71. The molecule has 2 aromatic rings. The van der Waals surface area contributed by atoms with Gasteiger partial charge in [-0.25, -0.2) is 13.8 Å². The molecule has 1 unspecified atom stereocenters. The molecule has 0 saturated carbocycles. The molecule has 0 aliphatic rings. The number of aliphatic imine (C=N–C) groups is 2. The molecule has 2 aromatic carbocycles. The number of nitrogens with one attached hydrogen (secondary N) is 1. The van der Waals surface area contributed by atoms with E-state index in [4.69, 9.17) is 10.5 Å². The van der Waals surface area contributed by atoms with Gasteiger partial charge in [0.05, 0.1) is 6.61 Å². The van der Waals surface area contributed by atoms with E-state index in [2.05, 4.69) is 15.3 Å². The van der Waals surface area contributed by atoms with Crippen molar-refractivity contribution >= 4 is 29.0 Å². The predicted octanol–water partition coefficient (Wildman–Crippen LogP) is 4.47. The topological polar surface area (TPSA) is 89.1 Å². The van der Waals surface area contributed by atoms with Crippen LogP contribution in [0.2, 0.25) is 0 Å². The third kappa shape index (κ3) is 5.85. The molecule has 30 heavy (non-hydrogen) atoms. The van der Waals surface area contributed by atoms with Crippen LogP contribution in [0.5, 0.6) is 0 Å². The Kier molecular flexibility index (Phi) is 7.63. The molecule has 1 atom stereocenters. The Hall–Kier alpha value is -3.29. The highest BCUT2D eigenvalue weighted by atomic mass is 19.3. The smallest absolute Gasteiger partial charge is 0.316 e. The van der Waals surface area contributed by atoms with Crippen molar-refractivity contribution in [2.45, 2.75) is 26.7 Å².